The molecule has 2 rings (SSSR count). The molecule has 0 atom stereocenters. The van der Waals surface area contributed by atoms with E-state index < -0.39 is 0 Å². The van der Waals surface area contributed by atoms with Gasteiger partial charge in [0.15, 0.2) is 0 Å². The highest BCUT2D eigenvalue weighted by Crippen LogP contribution is 2.15. The van der Waals surface area contributed by atoms with E-state index in [0.717, 1.165) is 11.4 Å². The first kappa shape index (κ1) is 8.20. The van der Waals surface area contributed by atoms with Crippen molar-refractivity contribution in [2.24, 2.45) is 0 Å². The van der Waals surface area contributed by atoms with Crippen LogP contribution in [0.15, 0.2) is 42.6 Å². The van der Waals surface area contributed by atoms with Gasteiger partial charge in [0, 0.05) is 6.20 Å². The van der Waals surface area contributed by atoms with Crippen LogP contribution in [0.3, 0.4) is 0 Å². The number of aromatic nitrogens is 2. The molecule has 0 saturated carbocycles. The van der Waals surface area contributed by atoms with E-state index in [4.69, 9.17) is 11.6 Å². The van der Waals surface area contributed by atoms with E-state index in [1.54, 1.807) is 12.3 Å². The van der Waals surface area contributed by atoms with Crippen molar-refractivity contribution in [2.45, 2.75) is 0 Å². The van der Waals surface area contributed by atoms with Gasteiger partial charge in [0.05, 0.1) is 11.4 Å². The van der Waals surface area contributed by atoms with Gasteiger partial charge in [0.25, 0.3) is 0 Å². The van der Waals surface area contributed by atoms with Crippen molar-refractivity contribution in [2.75, 3.05) is 0 Å². The van der Waals surface area contributed by atoms with E-state index in [9.17, 15) is 0 Å². The summed E-state index contributed by atoms with van der Waals surface area (Å²) in [6.45, 7) is 0. The second-order valence-electron chi connectivity index (χ2n) is 2.56. The third-order valence-electron chi connectivity index (χ3n) is 1.64. The lowest BCUT2D eigenvalue weighted by molar-refractivity contribution is 1.25. The summed E-state index contributed by atoms with van der Waals surface area (Å²) in [5.74, 6) is 0. The highest BCUT2D eigenvalue weighted by Gasteiger charge is 1.98. The Labute approximate surface area is 81.2 Å². The van der Waals surface area contributed by atoms with E-state index in [0.29, 0.717) is 5.15 Å². The molecule has 0 amide bonds. The molecule has 0 aliphatic carbocycles. The van der Waals surface area contributed by atoms with Gasteiger partial charge < -0.3 is 0 Å². The smallest absolute Gasteiger partial charge is 0.129 e. The molecule has 0 spiro atoms. The lowest BCUT2D eigenvalue weighted by atomic mass is 10.2. The van der Waals surface area contributed by atoms with Gasteiger partial charge in [-0.1, -0.05) is 23.7 Å². The molecule has 0 N–H and O–H groups in total. The average molecular weight is 191 g/mol. The molecule has 0 aliphatic heterocycles. The summed E-state index contributed by atoms with van der Waals surface area (Å²) in [6.07, 6.45) is 1.73. The molecule has 0 bridgehead atoms. The van der Waals surface area contributed by atoms with Gasteiger partial charge in [-0.3, -0.25) is 4.98 Å². The van der Waals surface area contributed by atoms with Crippen LogP contribution in [-0.4, -0.2) is 9.97 Å². The summed E-state index contributed by atoms with van der Waals surface area (Å²) in [7, 11) is 0. The zero-order chi connectivity index (χ0) is 9.10. The molecule has 0 unspecified atom stereocenters. The summed E-state index contributed by atoms with van der Waals surface area (Å²) >= 11 is 5.76. The Morgan fingerprint density at radius 3 is 2.46 bits per heavy atom. The summed E-state index contributed by atoms with van der Waals surface area (Å²) in [6, 6.07) is 11.2. The monoisotopic (exact) mass is 190 g/mol. The van der Waals surface area contributed by atoms with Crippen LogP contribution in [0, 0.1) is 0 Å². The minimum Gasteiger partial charge on any atom is -0.255 e. The fraction of sp³-hybridized carbons (Fsp3) is 0. The SMILES string of the molecule is Clc1cccc(-c2ccccn2)n1. The van der Waals surface area contributed by atoms with Crippen LogP contribution >= 0.6 is 11.6 Å². The largest absolute Gasteiger partial charge is 0.255 e. The van der Waals surface area contributed by atoms with E-state index in [1.807, 2.05) is 30.3 Å². The highest BCUT2D eigenvalue weighted by molar-refractivity contribution is 6.29. The predicted molar refractivity (Wildman–Crippen MR) is 52.5 cm³/mol. The molecular formula is C10H7ClN2. The Morgan fingerprint density at radius 1 is 0.923 bits per heavy atom. The summed E-state index contributed by atoms with van der Waals surface area (Å²) in [5, 5.41) is 0.489. The zero-order valence-electron chi connectivity index (χ0n) is 6.81. The topological polar surface area (TPSA) is 25.8 Å². The molecule has 0 radical (unpaired) electrons. The minimum atomic E-state index is 0.489. The van der Waals surface area contributed by atoms with E-state index in [2.05, 4.69) is 9.97 Å². The van der Waals surface area contributed by atoms with Crippen molar-refractivity contribution in [1.29, 1.82) is 0 Å². The molecule has 13 heavy (non-hydrogen) atoms. The maximum Gasteiger partial charge on any atom is 0.129 e. The number of pyridine rings is 2. The minimum absolute atomic E-state index is 0.489. The van der Waals surface area contributed by atoms with Crippen molar-refractivity contribution in [3.8, 4) is 11.4 Å². The molecular weight excluding hydrogens is 184 g/mol. The van der Waals surface area contributed by atoms with Crippen LogP contribution in [0.25, 0.3) is 11.4 Å². The molecule has 0 fully saturated rings. The molecule has 2 aromatic rings. The van der Waals surface area contributed by atoms with Crippen LogP contribution in [0.5, 0.6) is 0 Å². The first-order chi connectivity index (χ1) is 6.36. The van der Waals surface area contributed by atoms with Gasteiger partial charge in [-0.25, -0.2) is 4.98 Å². The molecule has 2 heterocycles. The van der Waals surface area contributed by atoms with E-state index >= 15 is 0 Å². The van der Waals surface area contributed by atoms with Crippen molar-refractivity contribution < 1.29 is 0 Å². The number of nitrogens with zero attached hydrogens (tertiary/aromatic N) is 2. The van der Waals surface area contributed by atoms with Gasteiger partial charge >= 0.3 is 0 Å². The van der Waals surface area contributed by atoms with Gasteiger partial charge in [-0.15, -0.1) is 0 Å². The number of halogens is 1. The first-order valence-corrected chi connectivity index (χ1v) is 4.28. The lowest BCUT2D eigenvalue weighted by Crippen LogP contribution is -1.85. The molecule has 3 heteroatoms. The van der Waals surface area contributed by atoms with E-state index in [-0.39, 0.29) is 0 Å². The lowest BCUT2D eigenvalue weighted by Gasteiger charge is -1.98. The summed E-state index contributed by atoms with van der Waals surface area (Å²) in [4.78, 5) is 8.32. The van der Waals surface area contributed by atoms with Crippen LogP contribution in [0.1, 0.15) is 0 Å². The van der Waals surface area contributed by atoms with Crippen molar-refractivity contribution in [3.05, 3.63) is 47.7 Å². The second-order valence-corrected chi connectivity index (χ2v) is 2.95. The van der Waals surface area contributed by atoms with Crippen LogP contribution in [0.2, 0.25) is 5.15 Å². The molecule has 0 aromatic carbocycles. The Hall–Kier alpha value is -1.41. The summed E-state index contributed by atoms with van der Waals surface area (Å²) < 4.78 is 0. The average Bonchev–Trinajstić information content (AvgIpc) is 2.19. The third kappa shape index (κ3) is 1.84. The predicted octanol–water partition coefficient (Wildman–Crippen LogP) is 2.80. The molecule has 0 aliphatic rings. The highest BCUT2D eigenvalue weighted by atomic mass is 35.5. The second kappa shape index (κ2) is 3.54. The molecule has 0 saturated heterocycles. The van der Waals surface area contributed by atoms with Gasteiger partial charge in [-0.05, 0) is 24.3 Å². The molecule has 2 nitrogen and oxygen atoms in total. The van der Waals surface area contributed by atoms with E-state index in [1.165, 1.54) is 0 Å². The maximum atomic E-state index is 5.76. The van der Waals surface area contributed by atoms with Crippen LogP contribution < -0.4 is 0 Å². The Morgan fingerprint density at radius 2 is 1.77 bits per heavy atom. The third-order valence-corrected chi connectivity index (χ3v) is 1.85. The Kier molecular flexibility index (Phi) is 2.23. The molecule has 64 valence electrons. The number of rotatable bonds is 1. The quantitative estimate of drug-likeness (QED) is 0.647. The van der Waals surface area contributed by atoms with Gasteiger partial charge in [-0.2, -0.15) is 0 Å². The van der Waals surface area contributed by atoms with Gasteiger partial charge in [0.1, 0.15) is 5.15 Å². The van der Waals surface area contributed by atoms with Crippen molar-refractivity contribution in [3.63, 3.8) is 0 Å². The Bertz CT molecular complexity index is 401. The fourth-order valence-corrected chi connectivity index (χ4v) is 1.23. The van der Waals surface area contributed by atoms with Crippen LogP contribution in [0.4, 0.5) is 0 Å². The summed E-state index contributed by atoms with van der Waals surface area (Å²) in [5.41, 5.74) is 1.64. The fourth-order valence-electron chi connectivity index (χ4n) is 1.07. The van der Waals surface area contributed by atoms with Gasteiger partial charge in [0.2, 0.25) is 0 Å². The maximum absolute atomic E-state index is 5.76. The number of hydrogen-bond donors (Lipinski definition) is 0. The van der Waals surface area contributed by atoms with Crippen molar-refractivity contribution >= 4 is 11.6 Å². The zero-order valence-corrected chi connectivity index (χ0v) is 7.57. The standard InChI is InChI=1S/C10H7ClN2/c11-10-6-3-5-9(13-10)8-4-1-2-7-12-8/h1-7H. The Balaban J connectivity index is 2.48. The number of hydrogen-bond acceptors (Lipinski definition) is 2. The molecule has 2 aromatic heterocycles. The van der Waals surface area contributed by atoms with Crippen molar-refractivity contribution in [1.82, 2.24) is 9.97 Å². The first-order valence-electron chi connectivity index (χ1n) is 3.90. The normalized spacial score (nSPS) is 9.92. The van der Waals surface area contributed by atoms with Crippen LogP contribution in [-0.2, 0) is 0 Å².